The fraction of sp³-hybridized carbons (Fsp3) is 0.316. The molecule has 1 saturated heterocycles. The lowest BCUT2D eigenvalue weighted by Gasteiger charge is -2.26. The molecule has 0 radical (unpaired) electrons. The van der Waals surface area contributed by atoms with Crippen molar-refractivity contribution < 1.29 is 23.4 Å². The molecule has 4 nitrogen and oxygen atoms in total. The molecule has 0 saturated carbocycles. The number of hydrogen-bond donors (Lipinski definition) is 2. The summed E-state index contributed by atoms with van der Waals surface area (Å²) in [6, 6.07) is 8.28. The number of amides is 1. The molecule has 1 atom stereocenters. The highest BCUT2D eigenvalue weighted by molar-refractivity contribution is 5.95. The third-order valence-corrected chi connectivity index (χ3v) is 4.49. The van der Waals surface area contributed by atoms with Crippen molar-refractivity contribution in [2.24, 2.45) is 0 Å². The monoisotopic (exact) mass is 347 g/mol. The number of carbonyl (C=O) groups is 1. The summed E-state index contributed by atoms with van der Waals surface area (Å²) in [5, 5.41) is 12.2. The molecule has 1 heterocycles. The zero-order valence-electron chi connectivity index (χ0n) is 13.8. The number of hydrogen-bond acceptors (Lipinski definition) is 3. The van der Waals surface area contributed by atoms with Gasteiger partial charge in [0.2, 0.25) is 0 Å². The van der Waals surface area contributed by atoms with Gasteiger partial charge in [-0.3, -0.25) is 4.79 Å². The maximum absolute atomic E-state index is 14.5. The van der Waals surface area contributed by atoms with Crippen LogP contribution in [0.2, 0.25) is 0 Å². The molecule has 6 heteroatoms. The summed E-state index contributed by atoms with van der Waals surface area (Å²) in [6.07, 6.45) is 0.505. The van der Waals surface area contributed by atoms with E-state index in [0.717, 1.165) is 6.07 Å². The van der Waals surface area contributed by atoms with Crippen molar-refractivity contribution in [3.8, 4) is 11.1 Å². The molecule has 2 N–H and O–H groups in total. The third kappa shape index (κ3) is 3.55. The van der Waals surface area contributed by atoms with E-state index in [0.29, 0.717) is 29.7 Å². The number of halogens is 2. The molecule has 0 bridgehead atoms. The first-order valence-corrected chi connectivity index (χ1v) is 8.01. The highest BCUT2D eigenvalue weighted by Gasteiger charge is 2.36. The first-order valence-electron chi connectivity index (χ1n) is 8.01. The Balaban J connectivity index is 1.85. The Morgan fingerprint density at radius 2 is 2.00 bits per heavy atom. The topological polar surface area (TPSA) is 58.6 Å². The molecule has 1 aliphatic heterocycles. The Morgan fingerprint density at radius 1 is 1.24 bits per heavy atom. The summed E-state index contributed by atoms with van der Waals surface area (Å²) in [6.45, 7) is 2.14. The molecule has 2 aromatic rings. The van der Waals surface area contributed by atoms with Gasteiger partial charge in [0, 0.05) is 17.7 Å². The second-order valence-corrected chi connectivity index (χ2v) is 6.35. The maximum Gasteiger partial charge on any atom is 0.251 e. The molecule has 25 heavy (non-hydrogen) atoms. The van der Waals surface area contributed by atoms with Crippen LogP contribution in [0.5, 0.6) is 0 Å². The molecule has 3 rings (SSSR count). The number of aliphatic hydroxyl groups is 1. The van der Waals surface area contributed by atoms with E-state index in [-0.39, 0.29) is 24.6 Å². The summed E-state index contributed by atoms with van der Waals surface area (Å²) in [5.74, 6) is -1.42. The number of carbonyl (C=O) groups excluding carboxylic acids is 1. The minimum Gasteiger partial charge on any atom is -0.394 e. The normalized spacial score (nSPS) is 19.8. The summed E-state index contributed by atoms with van der Waals surface area (Å²) in [5.41, 5.74) is 0.816. The number of nitrogens with one attached hydrogen (secondary N) is 1. The second-order valence-electron chi connectivity index (χ2n) is 6.35. The fourth-order valence-corrected chi connectivity index (χ4v) is 2.99. The van der Waals surface area contributed by atoms with Crippen LogP contribution in [-0.4, -0.2) is 36.4 Å². The predicted octanol–water partition coefficient (Wildman–Crippen LogP) is 2.82. The van der Waals surface area contributed by atoms with Gasteiger partial charge in [0.15, 0.2) is 0 Å². The predicted molar refractivity (Wildman–Crippen MR) is 89.3 cm³/mol. The largest absolute Gasteiger partial charge is 0.394 e. The average Bonchev–Trinajstić information content (AvgIpc) is 3.04. The smallest absolute Gasteiger partial charge is 0.251 e. The standard InChI is InChI=1S/C19H19F2NO3/c1-12-8-14(20)3-5-15(12)16-4-2-13(9-17(16)21)18(24)22-19(10-23)6-7-25-11-19/h2-5,8-9,23H,6-7,10-11H2,1H3,(H,22,24). The first-order chi connectivity index (χ1) is 11.9. The Kier molecular flexibility index (Phi) is 4.83. The highest BCUT2D eigenvalue weighted by atomic mass is 19.1. The third-order valence-electron chi connectivity index (χ3n) is 4.49. The van der Waals surface area contributed by atoms with Crippen molar-refractivity contribution in [3.63, 3.8) is 0 Å². The molecule has 0 spiro atoms. The van der Waals surface area contributed by atoms with E-state index in [1.165, 1.54) is 30.3 Å². The van der Waals surface area contributed by atoms with Crippen LogP contribution in [0.1, 0.15) is 22.3 Å². The van der Waals surface area contributed by atoms with E-state index >= 15 is 0 Å². The highest BCUT2D eigenvalue weighted by Crippen LogP contribution is 2.27. The molecule has 1 fully saturated rings. The van der Waals surface area contributed by atoms with Crippen molar-refractivity contribution in [3.05, 3.63) is 59.2 Å². The Labute approximate surface area is 144 Å². The lowest BCUT2D eigenvalue weighted by molar-refractivity contribution is 0.0789. The van der Waals surface area contributed by atoms with Gasteiger partial charge in [0.25, 0.3) is 5.91 Å². The van der Waals surface area contributed by atoms with Crippen molar-refractivity contribution in [1.82, 2.24) is 5.32 Å². The molecule has 1 aliphatic rings. The van der Waals surface area contributed by atoms with Crippen LogP contribution in [0.4, 0.5) is 8.78 Å². The van der Waals surface area contributed by atoms with Gasteiger partial charge in [0.05, 0.1) is 18.8 Å². The quantitative estimate of drug-likeness (QED) is 0.894. The van der Waals surface area contributed by atoms with Gasteiger partial charge in [0.1, 0.15) is 11.6 Å². The Morgan fingerprint density at radius 3 is 2.60 bits per heavy atom. The van der Waals surface area contributed by atoms with E-state index in [1.807, 2.05) is 0 Å². The number of benzene rings is 2. The first kappa shape index (κ1) is 17.5. The number of rotatable bonds is 4. The van der Waals surface area contributed by atoms with Crippen molar-refractivity contribution in [1.29, 1.82) is 0 Å². The maximum atomic E-state index is 14.5. The second kappa shape index (κ2) is 6.90. The summed E-state index contributed by atoms with van der Waals surface area (Å²) < 4.78 is 33.0. The number of aryl methyl sites for hydroxylation is 1. The van der Waals surface area contributed by atoms with E-state index < -0.39 is 17.3 Å². The molecule has 1 unspecified atom stereocenters. The van der Waals surface area contributed by atoms with Crippen LogP contribution >= 0.6 is 0 Å². The van der Waals surface area contributed by atoms with Crippen LogP contribution in [0, 0.1) is 18.6 Å². The lowest BCUT2D eigenvalue weighted by atomic mass is 9.97. The zero-order valence-corrected chi connectivity index (χ0v) is 13.8. The van der Waals surface area contributed by atoms with Gasteiger partial charge in [-0.15, -0.1) is 0 Å². The van der Waals surface area contributed by atoms with Crippen molar-refractivity contribution >= 4 is 5.91 Å². The van der Waals surface area contributed by atoms with Crippen LogP contribution in [0.3, 0.4) is 0 Å². The minimum atomic E-state index is -0.820. The average molecular weight is 347 g/mol. The Hall–Kier alpha value is -2.31. The molecule has 132 valence electrons. The van der Waals surface area contributed by atoms with Crippen LogP contribution in [-0.2, 0) is 4.74 Å². The lowest BCUT2D eigenvalue weighted by Crippen LogP contribution is -2.52. The number of aliphatic hydroxyl groups excluding tert-OH is 1. The number of ether oxygens (including phenoxy) is 1. The molecular formula is C19H19F2NO3. The van der Waals surface area contributed by atoms with Gasteiger partial charge >= 0.3 is 0 Å². The summed E-state index contributed by atoms with van der Waals surface area (Å²) in [7, 11) is 0. The van der Waals surface area contributed by atoms with Gasteiger partial charge in [-0.25, -0.2) is 8.78 Å². The molecular weight excluding hydrogens is 328 g/mol. The SMILES string of the molecule is Cc1cc(F)ccc1-c1ccc(C(=O)NC2(CO)CCOC2)cc1F. The molecule has 0 aliphatic carbocycles. The van der Waals surface area contributed by atoms with Gasteiger partial charge in [-0.2, -0.15) is 0 Å². The molecule has 1 amide bonds. The van der Waals surface area contributed by atoms with Gasteiger partial charge in [-0.05, 0) is 48.7 Å². The van der Waals surface area contributed by atoms with Crippen LogP contribution < -0.4 is 5.32 Å². The Bertz CT molecular complexity index is 801. The fourth-order valence-electron chi connectivity index (χ4n) is 2.99. The molecule has 2 aromatic carbocycles. The van der Waals surface area contributed by atoms with Gasteiger partial charge in [-0.1, -0.05) is 12.1 Å². The van der Waals surface area contributed by atoms with E-state index in [9.17, 15) is 18.7 Å². The van der Waals surface area contributed by atoms with Crippen LogP contribution in [0.25, 0.3) is 11.1 Å². The van der Waals surface area contributed by atoms with Gasteiger partial charge < -0.3 is 15.2 Å². The zero-order chi connectivity index (χ0) is 18.0. The van der Waals surface area contributed by atoms with Crippen LogP contribution in [0.15, 0.2) is 36.4 Å². The van der Waals surface area contributed by atoms with E-state index in [1.54, 1.807) is 6.92 Å². The van der Waals surface area contributed by atoms with E-state index in [4.69, 9.17) is 4.74 Å². The van der Waals surface area contributed by atoms with Crippen molar-refractivity contribution in [2.45, 2.75) is 18.9 Å². The van der Waals surface area contributed by atoms with E-state index in [2.05, 4.69) is 5.32 Å². The molecule has 0 aromatic heterocycles. The summed E-state index contributed by atoms with van der Waals surface area (Å²) >= 11 is 0. The van der Waals surface area contributed by atoms with Crippen molar-refractivity contribution in [2.75, 3.05) is 19.8 Å². The summed E-state index contributed by atoms with van der Waals surface area (Å²) in [4.78, 5) is 12.4. The minimum absolute atomic E-state index is 0.153.